The first kappa shape index (κ1) is 12.2. The molecule has 0 heterocycles. The Labute approximate surface area is 117 Å². The highest BCUT2D eigenvalue weighted by Crippen LogP contribution is 2.27. The van der Waals surface area contributed by atoms with Crippen molar-refractivity contribution in [2.45, 2.75) is 12.8 Å². The molecule has 0 aromatic heterocycles. The van der Waals surface area contributed by atoms with Crippen LogP contribution in [0.4, 0.5) is 5.69 Å². The van der Waals surface area contributed by atoms with E-state index < -0.39 is 0 Å². The van der Waals surface area contributed by atoms with Gasteiger partial charge in [-0.1, -0.05) is 41.9 Å². The fraction of sp³-hybridized carbons (Fsp3) is 0.188. The fourth-order valence-electron chi connectivity index (χ4n) is 2.55. The molecule has 3 heteroatoms. The minimum Gasteiger partial charge on any atom is -0.326 e. The number of benzene rings is 2. The maximum absolute atomic E-state index is 12.2. The lowest BCUT2D eigenvalue weighted by Crippen LogP contribution is -2.23. The first-order valence-corrected chi connectivity index (χ1v) is 6.73. The average molecular weight is 272 g/mol. The SMILES string of the molecule is O=C(Nc1cccc(Cl)c1)C1Cc2ccccc2C1. The van der Waals surface area contributed by atoms with E-state index in [4.69, 9.17) is 11.6 Å². The van der Waals surface area contributed by atoms with Crippen molar-refractivity contribution < 1.29 is 4.79 Å². The van der Waals surface area contributed by atoms with Crippen molar-refractivity contribution in [3.05, 3.63) is 64.7 Å². The number of carbonyl (C=O) groups excluding carboxylic acids is 1. The van der Waals surface area contributed by atoms with Crippen LogP contribution < -0.4 is 5.32 Å². The van der Waals surface area contributed by atoms with Crippen molar-refractivity contribution in [2.75, 3.05) is 5.32 Å². The molecule has 1 amide bonds. The molecule has 0 radical (unpaired) electrons. The number of nitrogens with one attached hydrogen (secondary N) is 1. The lowest BCUT2D eigenvalue weighted by molar-refractivity contribution is -0.119. The summed E-state index contributed by atoms with van der Waals surface area (Å²) in [7, 11) is 0. The van der Waals surface area contributed by atoms with E-state index >= 15 is 0 Å². The average Bonchev–Trinajstić information content (AvgIpc) is 2.82. The second-order valence-electron chi connectivity index (χ2n) is 4.87. The number of rotatable bonds is 2. The van der Waals surface area contributed by atoms with E-state index in [1.54, 1.807) is 12.1 Å². The predicted octanol–water partition coefficient (Wildman–Crippen LogP) is 3.69. The van der Waals surface area contributed by atoms with E-state index in [0.29, 0.717) is 5.02 Å². The summed E-state index contributed by atoms with van der Waals surface area (Å²) in [6, 6.07) is 15.5. The second kappa shape index (κ2) is 5.06. The third kappa shape index (κ3) is 2.64. The van der Waals surface area contributed by atoms with Gasteiger partial charge in [-0.3, -0.25) is 4.79 Å². The number of amides is 1. The summed E-state index contributed by atoms with van der Waals surface area (Å²) in [4.78, 5) is 12.2. The van der Waals surface area contributed by atoms with Crippen LogP contribution in [0, 0.1) is 5.92 Å². The third-order valence-corrected chi connectivity index (χ3v) is 3.75. The summed E-state index contributed by atoms with van der Waals surface area (Å²) in [5.41, 5.74) is 3.33. The zero-order valence-corrected chi connectivity index (χ0v) is 11.2. The van der Waals surface area contributed by atoms with E-state index in [2.05, 4.69) is 17.4 Å². The van der Waals surface area contributed by atoms with Gasteiger partial charge in [-0.15, -0.1) is 0 Å². The molecule has 1 aliphatic carbocycles. The molecule has 0 saturated heterocycles. The Balaban J connectivity index is 1.70. The molecule has 0 fully saturated rings. The van der Waals surface area contributed by atoms with Crippen LogP contribution in [-0.2, 0) is 17.6 Å². The summed E-state index contributed by atoms with van der Waals surface area (Å²) in [6.45, 7) is 0. The molecule has 0 saturated carbocycles. The molecule has 96 valence electrons. The van der Waals surface area contributed by atoms with Crippen molar-refractivity contribution >= 4 is 23.2 Å². The fourth-order valence-corrected chi connectivity index (χ4v) is 2.75. The van der Waals surface area contributed by atoms with Crippen molar-refractivity contribution in [1.82, 2.24) is 0 Å². The van der Waals surface area contributed by atoms with Gasteiger partial charge in [0.25, 0.3) is 0 Å². The van der Waals surface area contributed by atoms with Gasteiger partial charge >= 0.3 is 0 Å². The minimum absolute atomic E-state index is 0.0244. The van der Waals surface area contributed by atoms with Gasteiger partial charge in [0.2, 0.25) is 5.91 Å². The summed E-state index contributed by atoms with van der Waals surface area (Å²) in [5, 5.41) is 3.57. The maximum atomic E-state index is 12.2. The summed E-state index contributed by atoms with van der Waals surface area (Å²) in [5.74, 6) is 0.0925. The molecule has 3 rings (SSSR count). The van der Waals surface area contributed by atoms with Crippen LogP contribution in [0.2, 0.25) is 5.02 Å². The Bertz CT molecular complexity index is 599. The third-order valence-electron chi connectivity index (χ3n) is 3.51. The largest absolute Gasteiger partial charge is 0.326 e. The smallest absolute Gasteiger partial charge is 0.228 e. The number of hydrogen-bond donors (Lipinski definition) is 1. The zero-order chi connectivity index (χ0) is 13.2. The molecule has 19 heavy (non-hydrogen) atoms. The molecule has 1 N–H and O–H groups in total. The van der Waals surface area contributed by atoms with Gasteiger partial charge in [-0.05, 0) is 42.2 Å². The lowest BCUT2D eigenvalue weighted by Gasteiger charge is -2.10. The summed E-state index contributed by atoms with van der Waals surface area (Å²) in [6.07, 6.45) is 1.64. The molecule has 2 aromatic rings. The Morgan fingerprint density at radius 1 is 1.05 bits per heavy atom. The highest BCUT2D eigenvalue weighted by molar-refractivity contribution is 6.30. The van der Waals surface area contributed by atoms with E-state index in [-0.39, 0.29) is 11.8 Å². The lowest BCUT2D eigenvalue weighted by atomic mass is 10.1. The number of carbonyl (C=O) groups is 1. The van der Waals surface area contributed by atoms with Crippen LogP contribution in [0.25, 0.3) is 0 Å². The van der Waals surface area contributed by atoms with Crippen molar-refractivity contribution in [1.29, 1.82) is 0 Å². The topological polar surface area (TPSA) is 29.1 Å². The molecular formula is C16H14ClNO. The van der Waals surface area contributed by atoms with Gasteiger partial charge in [0.15, 0.2) is 0 Å². The Morgan fingerprint density at radius 2 is 1.74 bits per heavy atom. The number of fused-ring (bicyclic) bond motifs is 1. The van der Waals surface area contributed by atoms with Gasteiger partial charge in [0.05, 0.1) is 0 Å². The second-order valence-corrected chi connectivity index (χ2v) is 5.31. The van der Waals surface area contributed by atoms with Crippen LogP contribution in [0.3, 0.4) is 0 Å². The van der Waals surface area contributed by atoms with Gasteiger partial charge in [0, 0.05) is 16.6 Å². The molecule has 1 aliphatic rings. The highest BCUT2D eigenvalue weighted by atomic mass is 35.5. The van der Waals surface area contributed by atoms with E-state index in [0.717, 1.165) is 18.5 Å². The van der Waals surface area contributed by atoms with Crippen molar-refractivity contribution in [3.63, 3.8) is 0 Å². The van der Waals surface area contributed by atoms with Crippen LogP contribution in [0.15, 0.2) is 48.5 Å². The van der Waals surface area contributed by atoms with Gasteiger partial charge in [-0.25, -0.2) is 0 Å². The highest BCUT2D eigenvalue weighted by Gasteiger charge is 2.26. The normalized spacial score (nSPS) is 14.2. The molecule has 0 bridgehead atoms. The van der Waals surface area contributed by atoms with E-state index in [1.165, 1.54) is 11.1 Å². The number of anilines is 1. The molecule has 2 nitrogen and oxygen atoms in total. The molecule has 0 unspecified atom stereocenters. The Morgan fingerprint density at radius 3 is 2.37 bits per heavy atom. The van der Waals surface area contributed by atoms with Crippen LogP contribution >= 0.6 is 11.6 Å². The molecule has 0 atom stereocenters. The first-order chi connectivity index (χ1) is 9.22. The maximum Gasteiger partial charge on any atom is 0.228 e. The van der Waals surface area contributed by atoms with Gasteiger partial charge in [0.1, 0.15) is 0 Å². The van der Waals surface area contributed by atoms with E-state index in [1.807, 2.05) is 24.3 Å². The van der Waals surface area contributed by atoms with Gasteiger partial charge < -0.3 is 5.32 Å². The van der Waals surface area contributed by atoms with Gasteiger partial charge in [-0.2, -0.15) is 0 Å². The molecule has 0 aliphatic heterocycles. The zero-order valence-electron chi connectivity index (χ0n) is 10.4. The number of hydrogen-bond acceptors (Lipinski definition) is 1. The molecule has 2 aromatic carbocycles. The Kier molecular flexibility index (Phi) is 3.26. The monoisotopic (exact) mass is 271 g/mol. The first-order valence-electron chi connectivity index (χ1n) is 6.35. The van der Waals surface area contributed by atoms with Crippen molar-refractivity contribution in [3.8, 4) is 0 Å². The molecule has 0 spiro atoms. The van der Waals surface area contributed by atoms with Crippen LogP contribution in [0.5, 0.6) is 0 Å². The summed E-state index contributed by atoms with van der Waals surface area (Å²) >= 11 is 5.91. The Hall–Kier alpha value is -1.80. The molecular weight excluding hydrogens is 258 g/mol. The van der Waals surface area contributed by atoms with Crippen LogP contribution in [0.1, 0.15) is 11.1 Å². The van der Waals surface area contributed by atoms with Crippen LogP contribution in [-0.4, -0.2) is 5.91 Å². The van der Waals surface area contributed by atoms with Crippen molar-refractivity contribution in [2.24, 2.45) is 5.92 Å². The quantitative estimate of drug-likeness (QED) is 0.887. The number of halogens is 1. The summed E-state index contributed by atoms with van der Waals surface area (Å²) < 4.78 is 0. The minimum atomic E-state index is 0.0244. The van der Waals surface area contributed by atoms with E-state index in [9.17, 15) is 4.79 Å². The predicted molar refractivity (Wildman–Crippen MR) is 77.4 cm³/mol. The standard InChI is InChI=1S/C16H14ClNO/c17-14-6-3-7-15(10-14)18-16(19)13-8-11-4-1-2-5-12(11)9-13/h1-7,10,13H,8-9H2,(H,18,19).